The molecular weight excluding hydrogens is 486 g/mol. The number of hydrogen-bond donors (Lipinski definition) is 3. The molecule has 0 fully saturated rings. The highest BCUT2D eigenvalue weighted by Gasteiger charge is 2.30. The van der Waals surface area contributed by atoms with Crippen LogP contribution in [0.4, 0.5) is 0 Å². The molecule has 1 aromatic carbocycles. The maximum Gasteiger partial charge on any atom is 0.337 e. The SMILES string of the molecule is C=C(C)C(=O)NC(C)(CC=Cc1ccccc1)CS(=O)(=O)O.C=C(C=CC(=O)O)C(=O)OCCCC. The molecule has 0 bridgehead atoms. The molecule has 9 nitrogen and oxygen atoms in total. The van der Waals surface area contributed by atoms with Gasteiger partial charge in [0, 0.05) is 11.6 Å². The highest BCUT2D eigenvalue weighted by molar-refractivity contribution is 7.85. The van der Waals surface area contributed by atoms with Crippen molar-refractivity contribution in [2.24, 2.45) is 0 Å². The van der Waals surface area contributed by atoms with Crippen LogP contribution in [0.2, 0.25) is 0 Å². The molecule has 0 aliphatic rings. The Morgan fingerprint density at radius 1 is 1.14 bits per heavy atom. The summed E-state index contributed by atoms with van der Waals surface area (Å²) in [6.45, 7) is 12.3. The number of hydrogen-bond acceptors (Lipinski definition) is 6. The molecule has 36 heavy (non-hydrogen) atoms. The van der Waals surface area contributed by atoms with Crippen molar-refractivity contribution in [2.45, 2.75) is 45.6 Å². The van der Waals surface area contributed by atoms with Crippen molar-refractivity contribution in [3.63, 3.8) is 0 Å². The number of carboxylic acids is 1. The van der Waals surface area contributed by atoms with Crippen LogP contribution in [0.5, 0.6) is 0 Å². The number of nitrogens with one attached hydrogen (secondary N) is 1. The van der Waals surface area contributed by atoms with Gasteiger partial charge >= 0.3 is 11.9 Å². The first-order valence-corrected chi connectivity index (χ1v) is 12.7. The fourth-order valence-electron chi connectivity index (χ4n) is 2.59. The minimum absolute atomic E-state index is 0.0449. The summed E-state index contributed by atoms with van der Waals surface area (Å²) in [5.41, 5.74) is 0.162. The molecule has 0 aliphatic heterocycles. The van der Waals surface area contributed by atoms with E-state index in [0.29, 0.717) is 6.61 Å². The summed E-state index contributed by atoms with van der Waals surface area (Å²) < 4.78 is 36.3. The van der Waals surface area contributed by atoms with Crippen molar-refractivity contribution in [2.75, 3.05) is 12.4 Å². The molecule has 198 valence electrons. The third-order valence-electron chi connectivity index (χ3n) is 4.40. The van der Waals surface area contributed by atoms with E-state index >= 15 is 0 Å². The molecule has 0 saturated heterocycles. The fourth-order valence-corrected chi connectivity index (χ4v) is 3.59. The molecule has 0 saturated carbocycles. The van der Waals surface area contributed by atoms with Crippen LogP contribution >= 0.6 is 0 Å². The first kappa shape index (κ1) is 32.5. The van der Waals surface area contributed by atoms with Gasteiger partial charge in [-0.05, 0) is 38.3 Å². The number of unbranched alkanes of at least 4 members (excludes halogenated alkanes) is 1. The van der Waals surface area contributed by atoms with Crippen LogP contribution < -0.4 is 5.32 Å². The van der Waals surface area contributed by atoms with Gasteiger partial charge in [-0.25, -0.2) is 9.59 Å². The van der Waals surface area contributed by atoms with Gasteiger partial charge in [0.2, 0.25) is 5.91 Å². The number of ether oxygens (including phenoxy) is 1. The normalized spacial score (nSPS) is 12.8. The predicted molar refractivity (Wildman–Crippen MR) is 140 cm³/mol. The second-order valence-corrected chi connectivity index (χ2v) is 9.68. The van der Waals surface area contributed by atoms with Crippen LogP contribution in [0.25, 0.3) is 6.08 Å². The van der Waals surface area contributed by atoms with Crippen molar-refractivity contribution >= 4 is 34.0 Å². The first-order valence-electron chi connectivity index (χ1n) is 11.1. The Balaban J connectivity index is 0.000000757. The zero-order valence-electron chi connectivity index (χ0n) is 20.9. The third-order valence-corrected chi connectivity index (χ3v) is 5.40. The summed E-state index contributed by atoms with van der Waals surface area (Å²) in [5.74, 6) is -2.71. The lowest BCUT2D eigenvalue weighted by Crippen LogP contribution is -2.50. The highest BCUT2D eigenvalue weighted by atomic mass is 32.2. The molecule has 1 unspecified atom stereocenters. The summed E-state index contributed by atoms with van der Waals surface area (Å²) in [7, 11) is -4.23. The third kappa shape index (κ3) is 16.2. The molecule has 0 spiro atoms. The van der Waals surface area contributed by atoms with Gasteiger partial charge in [-0.15, -0.1) is 0 Å². The van der Waals surface area contributed by atoms with E-state index in [1.807, 2.05) is 43.3 Å². The van der Waals surface area contributed by atoms with Crippen molar-refractivity contribution in [1.29, 1.82) is 0 Å². The number of aliphatic carboxylic acids is 1. The number of rotatable bonds is 13. The van der Waals surface area contributed by atoms with Gasteiger partial charge in [-0.3, -0.25) is 9.35 Å². The molecule has 1 aromatic rings. The Hall–Kier alpha value is -3.50. The van der Waals surface area contributed by atoms with Gasteiger partial charge in [-0.1, -0.05) is 69.0 Å². The lowest BCUT2D eigenvalue weighted by atomic mass is 9.99. The molecule has 0 heterocycles. The summed E-state index contributed by atoms with van der Waals surface area (Å²) in [6.07, 6.45) is 7.54. The lowest BCUT2D eigenvalue weighted by Gasteiger charge is -2.28. The predicted octanol–water partition coefficient (Wildman–Crippen LogP) is 3.96. The minimum atomic E-state index is -4.23. The molecule has 1 rings (SSSR count). The monoisotopic (exact) mass is 521 g/mol. The number of benzene rings is 1. The molecule has 10 heteroatoms. The Bertz CT molecular complexity index is 1070. The Morgan fingerprint density at radius 3 is 2.25 bits per heavy atom. The summed E-state index contributed by atoms with van der Waals surface area (Å²) in [4.78, 5) is 32.9. The number of carbonyl (C=O) groups excluding carboxylic acids is 2. The van der Waals surface area contributed by atoms with Crippen molar-refractivity contribution in [3.05, 3.63) is 78.4 Å². The topological polar surface area (TPSA) is 147 Å². The maximum absolute atomic E-state index is 11.8. The summed E-state index contributed by atoms with van der Waals surface area (Å²) in [5, 5.41) is 10.9. The molecule has 0 aromatic heterocycles. The van der Waals surface area contributed by atoms with Gasteiger partial charge < -0.3 is 15.2 Å². The fraction of sp³-hybridized carbons (Fsp3) is 0.346. The van der Waals surface area contributed by atoms with E-state index in [2.05, 4.69) is 18.5 Å². The molecule has 1 amide bonds. The van der Waals surface area contributed by atoms with Gasteiger partial charge in [-0.2, -0.15) is 8.42 Å². The summed E-state index contributed by atoms with van der Waals surface area (Å²) >= 11 is 0. The first-order chi connectivity index (χ1) is 16.7. The van der Waals surface area contributed by atoms with E-state index in [-0.39, 0.29) is 17.6 Å². The van der Waals surface area contributed by atoms with E-state index < -0.39 is 39.3 Å². The highest BCUT2D eigenvalue weighted by Crippen LogP contribution is 2.16. The van der Waals surface area contributed by atoms with E-state index in [1.165, 1.54) is 6.92 Å². The van der Waals surface area contributed by atoms with Gasteiger partial charge in [0.25, 0.3) is 10.1 Å². The zero-order valence-corrected chi connectivity index (χ0v) is 21.7. The quantitative estimate of drug-likeness (QED) is 0.116. The van der Waals surface area contributed by atoms with E-state index in [0.717, 1.165) is 30.6 Å². The van der Waals surface area contributed by atoms with Crippen LogP contribution in [0.3, 0.4) is 0 Å². The average Bonchev–Trinajstić information content (AvgIpc) is 2.77. The van der Waals surface area contributed by atoms with Gasteiger partial charge in [0.1, 0.15) is 0 Å². The number of carbonyl (C=O) groups is 3. The summed E-state index contributed by atoms with van der Waals surface area (Å²) in [6, 6.07) is 9.48. The van der Waals surface area contributed by atoms with Crippen molar-refractivity contribution in [3.8, 4) is 0 Å². The van der Waals surface area contributed by atoms with Crippen molar-refractivity contribution in [1.82, 2.24) is 5.32 Å². The smallest absolute Gasteiger partial charge is 0.337 e. The molecule has 0 aliphatic carbocycles. The molecule has 0 radical (unpaired) electrons. The Labute approximate surface area is 213 Å². The zero-order chi connectivity index (χ0) is 27.8. The van der Waals surface area contributed by atoms with Crippen LogP contribution in [0.1, 0.15) is 45.6 Å². The number of amides is 1. The minimum Gasteiger partial charge on any atom is -0.478 e. The van der Waals surface area contributed by atoms with Crippen LogP contribution in [-0.2, 0) is 29.2 Å². The Kier molecular flexibility index (Phi) is 14.6. The largest absolute Gasteiger partial charge is 0.478 e. The van der Waals surface area contributed by atoms with Gasteiger partial charge in [0.05, 0.1) is 23.5 Å². The van der Waals surface area contributed by atoms with Gasteiger partial charge in [0.15, 0.2) is 0 Å². The van der Waals surface area contributed by atoms with E-state index in [4.69, 9.17) is 14.4 Å². The number of esters is 1. The molecular formula is C26H35NO8S. The molecule has 1 atom stereocenters. The maximum atomic E-state index is 11.8. The second-order valence-electron chi connectivity index (χ2n) is 8.22. The van der Waals surface area contributed by atoms with Crippen molar-refractivity contribution < 1.29 is 37.2 Å². The van der Waals surface area contributed by atoms with E-state index in [9.17, 15) is 22.8 Å². The second kappa shape index (κ2) is 16.2. The standard InChI is InChI=1S/C16H21NO4S.C10H14O4/c1-13(2)15(18)17-16(3,12-22(19,20)21)11-7-10-14-8-5-4-6-9-14;1-3-4-7-14-10(13)8(2)5-6-9(11)12/h4-10H,1,11-12H2,2-3H3,(H,17,18)(H,19,20,21);5-6H,2-4,7H2,1H3,(H,11,12). The van der Waals surface area contributed by atoms with E-state index in [1.54, 1.807) is 13.0 Å². The van der Waals surface area contributed by atoms with Crippen LogP contribution in [-0.4, -0.2) is 53.8 Å². The molecule has 3 N–H and O–H groups in total. The van der Waals surface area contributed by atoms with Crippen LogP contribution in [0.15, 0.2) is 72.9 Å². The van der Waals surface area contributed by atoms with Crippen LogP contribution in [0, 0.1) is 0 Å². The number of carboxylic acid groups (broad SMARTS) is 1. The Morgan fingerprint density at radius 2 is 1.75 bits per heavy atom. The average molecular weight is 522 g/mol. The lowest BCUT2D eigenvalue weighted by molar-refractivity contribution is -0.138.